The number of aryl methyl sites for hydroxylation is 2. The van der Waals surface area contributed by atoms with Crippen molar-refractivity contribution in [3.63, 3.8) is 0 Å². The molecule has 3 heterocycles. The van der Waals surface area contributed by atoms with E-state index in [0.29, 0.717) is 19.0 Å². The highest BCUT2D eigenvalue weighted by Crippen LogP contribution is 2.26. The maximum Gasteiger partial charge on any atom is 0.240 e. The Kier molecular flexibility index (Phi) is 4.90. The molecule has 3 fully saturated rings. The first-order chi connectivity index (χ1) is 12.5. The van der Waals surface area contributed by atoms with Gasteiger partial charge in [0, 0.05) is 57.5 Å². The van der Waals surface area contributed by atoms with Crippen molar-refractivity contribution in [2.75, 3.05) is 50.7 Å². The molecule has 1 amide bonds. The molecule has 1 aromatic rings. The van der Waals surface area contributed by atoms with Crippen LogP contribution in [0, 0.1) is 13.8 Å². The van der Waals surface area contributed by atoms with Gasteiger partial charge in [-0.15, -0.1) is 0 Å². The number of nitrogens with one attached hydrogen (secondary N) is 1. The minimum Gasteiger partial charge on any atom is -0.392 e. The van der Waals surface area contributed by atoms with Crippen LogP contribution in [0.3, 0.4) is 0 Å². The molecule has 0 aromatic heterocycles. The average Bonchev–Trinajstić information content (AvgIpc) is 2.96. The summed E-state index contributed by atoms with van der Waals surface area (Å²) in [7, 11) is 0. The van der Waals surface area contributed by atoms with Crippen molar-refractivity contribution in [3.05, 3.63) is 29.3 Å². The van der Waals surface area contributed by atoms with Crippen LogP contribution in [0.4, 0.5) is 5.69 Å². The van der Waals surface area contributed by atoms with Gasteiger partial charge in [-0.2, -0.15) is 0 Å². The molecular weight excluding hydrogens is 328 g/mol. The SMILES string of the molecule is Cc1ccc(C)c(N2CCN(C(=O)[C@@H]3C[C@@H](O)CN3C3CNC3)CC2)c1. The summed E-state index contributed by atoms with van der Waals surface area (Å²) in [6.07, 6.45) is 0.202. The van der Waals surface area contributed by atoms with Gasteiger partial charge >= 0.3 is 0 Å². The van der Waals surface area contributed by atoms with Gasteiger partial charge in [0.05, 0.1) is 12.1 Å². The number of piperazine rings is 1. The molecule has 0 unspecified atom stereocenters. The molecule has 0 saturated carbocycles. The van der Waals surface area contributed by atoms with Gasteiger partial charge in [-0.3, -0.25) is 9.69 Å². The Morgan fingerprint density at radius 3 is 2.54 bits per heavy atom. The molecular formula is C20H30N4O2. The minimum absolute atomic E-state index is 0.149. The van der Waals surface area contributed by atoms with Gasteiger partial charge in [-0.05, 0) is 37.5 Å². The van der Waals surface area contributed by atoms with Crippen molar-refractivity contribution in [1.29, 1.82) is 0 Å². The number of nitrogens with zero attached hydrogens (tertiary/aromatic N) is 3. The molecule has 26 heavy (non-hydrogen) atoms. The van der Waals surface area contributed by atoms with Crippen molar-refractivity contribution in [1.82, 2.24) is 15.1 Å². The highest BCUT2D eigenvalue weighted by molar-refractivity contribution is 5.82. The lowest BCUT2D eigenvalue weighted by atomic mass is 10.1. The highest BCUT2D eigenvalue weighted by atomic mass is 16.3. The monoisotopic (exact) mass is 358 g/mol. The Labute approximate surface area is 155 Å². The Morgan fingerprint density at radius 1 is 1.15 bits per heavy atom. The quantitative estimate of drug-likeness (QED) is 0.817. The fourth-order valence-corrected chi connectivity index (χ4v) is 4.43. The van der Waals surface area contributed by atoms with Gasteiger partial charge in [0.15, 0.2) is 0 Å². The third kappa shape index (κ3) is 3.33. The summed E-state index contributed by atoms with van der Waals surface area (Å²) in [6, 6.07) is 6.81. The van der Waals surface area contributed by atoms with Gasteiger partial charge < -0.3 is 20.2 Å². The van der Waals surface area contributed by atoms with Crippen molar-refractivity contribution in [2.24, 2.45) is 0 Å². The first-order valence-electron chi connectivity index (χ1n) is 9.78. The largest absolute Gasteiger partial charge is 0.392 e. The summed E-state index contributed by atoms with van der Waals surface area (Å²) in [5, 5.41) is 13.4. The number of benzene rings is 1. The van der Waals surface area contributed by atoms with Crippen molar-refractivity contribution in [2.45, 2.75) is 38.5 Å². The summed E-state index contributed by atoms with van der Waals surface area (Å²) in [5.74, 6) is 0.203. The lowest BCUT2D eigenvalue weighted by Gasteiger charge is -2.42. The number of aliphatic hydroxyl groups excluding tert-OH is 1. The van der Waals surface area contributed by atoms with Gasteiger partial charge in [0.2, 0.25) is 5.91 Å². The maximum atomic E-state index is 13.1. The Balaban J connectivity index is 1.39. The van der Waals surface area contributed by atoms with Gasteiger partial charge in [-0.1, -0.05) is 12.1 Å². The maximum absolute atomic E-state index is 13.1. The number of aliphatic hydroxyl groups is 1. The standard InChI is InChI=1S/C20H30N4O2/c1-14-3-4-15(2)18(9-14)22-5-7-23(8-6-22)20(26)19-10-17(25)13-24(19)16-11-21-12-16/h3-4,9,16-17,19,21,25H,5-8,10-13H2,1-2H3/t17-,19+/m1/s1. The van der Waals surface area contributed by atoms with E-state index in [1.54, 1.807) is 0 Å². The zero-order valence-electron chi connectivity index (χ0n) is 15.8. The molecule has 6 nitrogen and oxygen atoms in total. The van der Waals surface area contributed by atoms with Crippen LogP contribution in [-0.4, -0.2) is 84.8 Å². The number of likely N-dealkylation sites (tertiary alicyclic amines) is 1. The first-order valence-corrected chi connectivity index (χ1v) is 9.78. The van der Waals surface area contributed by atoms with Crippen molar-refractivity contribution < 1.29 is 9.90 Å². The van der Waals surface area contributed by atoms with Crippen LogP contribution in [0.25, 0.3) is 0 Å². The predicted molar refractivity (Wildman–Crippen MR) is 102 cm³/mol. The fourth-order valence-electron chi connectivity index (χ4n) is 4.43. The van der Waals surface area contributed by atoms with Gasteiger partial charge in [-0.25, -0.2) is 0 Å². The number of amides is 1. The van der Waals surface area contributed by atoms with Crippen LogP contribution >= 0.6 is 0 Å². The number of anilines is 1. The fraction of sp³-hybridized carbons (Fsp3) is 0.650. The van der Waals surface area contributed by atoms with Crippen LogP contribution in [0.2, 0.25) is 0 Å². The van der Waals surface area contributed by atoms with E-state index in [1.165, 1.54) is 16.8 Å². The number of rotatable bonds is 3. The first kappa shape index (κ1) is 17.8. The molecule has 3 saturated heterocycles. The molecule has 0 spiro atoms. The number of carbonyl (C=O) groups is 1. The topological polar surface area (TPSA) is 59.1 Å². The summed E-state index contributed by atoms with van der Waals surface area (Å²) < 4.78 is 0. The Morgan fingerprint density at radius 2 is 1.88 bits per heavy atom. The van der Waals surface area contributed by atoms with Gasteiger partial charge in [0.1, 0.15) is 0 Å². The number of hydrogen-bond donors (Lipinski definition) is 2. The van der Waals surface area contributed by atoms with E-state index >= 15 is 0 Å². The second kappa shape index (κ2) is 7.18. The molecule has 3 aliphatic heterocycles. The molecule has 3 aliphatic rings. The highest BCUT2D eigenvalue weighted by Gasteiger charge is 2.43. The number of hydrogen-bond acceptors (Lipinski definition) is 5. The molecule has 6 heteroatoms. The summed E-state index contributed by atoms with van der Waals surface area (Å²) >= 11 is 0. The van der Waals surface area contributed by atoms with E-state index in [-0.39, 0.29) is 18.1 Å². The lowest BCUT2D eigenvalue weighted by molar-refractivity contribution is -0.137. The predicted octanol–water partition coefficient (Wildman–Crippen LogP) is 0.359. The normalized spacial score (nSPS) is 27.7. The third-order valence-electron chi connectivity index (χ3n) is 6.13. The van der Waals surface area contributed by atoms with Gasteiger partial charge in [0.25, 0.3) is 0 Å². The average molecular weight is 358 g/mol. The van der Waals surface area contributed by atoms with Crippen molar-refractivity contribution in [3.8, 4) is 0 Å². The second-order valence-corrected chi connectivity index (χ2v) is 8.02. The molecule has 0 aliphatic carbocycles. The van der Waals surface area contributed by atoms with E-state index in [1.807, 2.05) is 4.90 Å². The molecule has 142 valence electrons. The third-order valence-corrected chi connectivity index (χ3v) is 6.13. The molecule has 4 rings (SSSR count). The second-order valence-electron chi connectivity index (χ2n) is 8.02. The van der Waals surface area contributed by atoms with E-state index in [2.05, 4.69) is 47.2 Å². The number of β-amino-alcohol motifs (C(OH)–C–C–N with tert-alkyl or cyclic N) is 1. The van der Waals surface area contributed by atoms with E-state index < -0.39 is 0 Å². The Hall–Kier alpha value is -1.63. The molecule has 0 radical (unpaired) electrons. The van der Waals surface area contributed by atoms with Crippen LogP contribution in [0.5, 0.6) is 0 Å². The zero-order valence-corrected chi connectivity index (χ0v) is 15.8. The summed E-state index contributed by atoms with van der Waals surface area (Å²) in [4.78, 5) is 19.7. The molecule has 2 atom stereocenters. The number of carbonyl (C=O) groups excluding carboxylic acids is 1. The van der Waals surface area contributed by atoms with Crippen LogP contribution in [0.15, 0.2) is 18.2 Å². The van der Waals surface area contributed by atoms with E-state index in [0.717, 1.165) is 39.3 Å². The molecule has 2 N–H and O–H groups in total. The minimum atomic E-state index is -0.374. The lowest BCUT2D eigenvalue weighted by Crippen LogP contribution is -2.62. The Bertz CT molecular complexity index is 668. The molecule has 0 bridgehead atoms. The van der Waals surface area contributed by atoms with Crippen LogP contribution in [-0.2, 0) is 4.79 Å². The molecule has 1 aromatic carbocycles. The van der Waals surface area contributed by atoms with E-state index in [4.69, 9.17) is 0 Å². The zero-order chi connectivity index (χ0) is 18.3. The summed E-state index contributed by atoms with van der Waals surface area (Å²) in [6.45, 7) is 10.0. The van der Waals surface area contributed by atoms with Crippen LogP contribution < -0.4 is 10.2 Å². The van der Waals surface area contributed by atoms with Crippen molar-refractivity contribution >= 4 is 11.6 Å². The van der Waals surface area contributed by atoms with Crippen LogP contribution in [0.1, 0.15) is 17.5 Å². The smallest absolute Gasteiger partial charge is 0.240 e. The summed E-state index contributed by atoms with van der Waals surface area (Å²) in [5.41, 5.74) is 3.85. The van der Waals surface area contributed by atoms with E-state index in [9.17, 15) is 9.90 Å².